The minimum absolute atomic E-state index is 0.106. The highest BCUT2D eigenvalue weighted by molar-refractivity contribution is 5.93. The van der Waals surface area contributed by atoms with E-state index in [1.165, 1.54) is 10.6 Å². The summed E-state index contributed by atoms with van der Waals surface area (Å²) in [5.41, 5.74) is 3.28. The first-order valence-electron chi connectivity index (χ1n) is 9.71. The number of hydrogen-bond donors (Lipinski definition) is 1. The van der Waals surface area contributed by atoms with E-state index < -0.39 is 6.04 Å². The third kappa shape index (κ3) is 2.50. The van der Waals surface area contributed by atoms with Crippen LogP contribution in [0.2, 0.25) is 0 Å². The molecule has 1 N–H and O–H groups in total. The van der Waals surface area contributed by atoms with Crippen LogP contribution >= 0.6 is 0 Å². The first-order valence-corrected chi connectivity index (χ1v) is 9.71. The lowest BCUT2D eigenvalue weighted by atomic mass is 9.99. The fourth-order valence-corrected chi connectivity index (χ4v) is 4.17. The van der Waals surface area contributed by atoms with Gasteiger partial charge in [-0.25, -0.2) is 13.9 Å². The van der Waals surface area contributed by atoms with Gasteiger partial charge < -0.3 is 9.88 Å². The van der Waals surface area contributed by atoms with E-state index in [0.29, 0.717) is 35.9 Å². The van der Waals surface area contributed by atoms with E-state index in [1.54, 1.807) is 41.8 Å². The van der Waals surface area contributed by atoms with E-state index in [9.17, 15) is 9.18 Å². The van der Waals surface area contributed by atoms with Crippen LogP contribution in [0.3, 0.4) is 0 Å². The van der Waals surface area contributed by atoms with Crippen LogP contribution in [0, 0.1) is 5.82 Å². The van der Waals surface area contributed by atoms with Gasteiger partial charge in [0.2, 0.25) is 0 Å². The van der Waals surface area contributed by atoms with Gasteiger partial charge in [0.15, 0.2) is 0 Å². The third-order valence-corrected chi connectivity index (χ3v) is 5.72. The summed E-state index contributed by atoms with van der Waals surface area (Å²) >= 11 is 0. The number of rotatable bonds is 3. The molecule has 2 aliphatic rings. The summed E-state index contributed by atoms with van der Waals surface area (Å²) in [6.07, 6.45) is 7.77. The predicted octanol–water partition coefficient (Wildman–Crippen LogP) is 2.52. The first kappa shape index (κ1) is 16.5. The molecule has 4 aromatic heterocycles. The second-order valence-corrected chi connectivity index (χ2v) is 7.56. The van der Waals surface area contributed by atoms with Gasteiger partial charge >= 0.3 is 0 Å². The first-order chi connectivity index (χ1) is 14.2. The summed E-state index contributed by atoms with van der Waals surface area (Å²) in [5.74, 6) is -0.459. The van der Waals surface area contributed by atoms with Gasteiger partial charge in [-0.05, 0) is 37.1 Å². The number of halogens is 1. The van der Waals surface area contributed by atoms with Crippen LogP contribution in [0.5, 0.6) is 0 Å². The highest BCUT2D eigenvalue weighted by atomic mass is 19.1. The van der Waals surface area contributed by atoms with Crippen molar-refractivity contribution in [3.8, 4) is 0 Å². The van der Waals surface area contributed by atoms with Crippen LogP contribution in [0.15, 0.2) is 43.0 Å². The number of amides is 1. The van der Waals surface area contributed by atoms with Gasteiger partial charge in [-0.2, -0.15) is 10.2 Å². The van der Waals surface area contributed by atoms with Crippen molar-refractivity contribution in [3.05, 3.63) is 71.6 Å². The number of carbonyl (C=O) groups excluding carboxylic acids is 1. The Morgan fingerprint density at radius 1 is 1.28 bits per heavy atom. The smallest absolute Gasteiger partial charge is 0.273 e. The van der Waals surface area contributed by atoms with E-state index in [4.69, 9.17) is 0 Å². The van der Waals surface area contributed by atoms with E-state index in [0.717, 1.165) is 24.2 Å². The molecule has 9 heteroatoms. The minimum Gasteiger partial charge on any atom is -0.348 e. The SMILES string of the molecule is O=C(c1ccnn1C1CC1)N1CCc2[nH]cnc2[C@@H]1c1cc2c(F)cccn2n1. The molecule has 0 spiro atoms. The lowest BCUT2D eigenvalue weighted by Crippen LogP contribution is -2.41. The van der Waals surface area contributed by atoms with Crippen molar-refractivity contribution in [2.75, 3.05) is 6.54 Å². The van der Waals surface area contributed by atoms with E-state index in [-0.39, 0.29) is 11.7 Å². The van der Waals surface area contributed by atoms with Crippen molar-refractivity contribution >= 4 is 11.4 Å². The van der Waals surface area contributed by atoms with Crippen molar-refractivity contribution in [3.63, 3.8) is 0 Å². The number of nitrogens with zero attached hydrogens (tertiary/aromatic N) is 6. The van der Waals surface area contributed by atoms with Crippen LogP contribution in [-0.2, 0) is 6.42 Å². The second-order valence-electron chi connectivity index (χ2n) is 7.56. The largest absolute Gasteiger partial charge is 0.348 e. The molecule has 1 saturated carbocycles. The average Bonchev–Trinajstić information content (AvgIpc) is 3.13. The molecule has 8 nitrogen and oxygen atoms in total. The van der Waals surface area contributed by atoms with Gasteiger partial charge in [-0.1, -0.05) is 0 Å². The monoisotopic (exact) mass is 391 g/mol. The summed E-state index contributed by atoms with van der Waals surface area (Å²) in [6.45, 7) is 0.519. The minimum atomic E-state index is -0.487. The van der Waals surface area contributed by atoms with E-state index in [2.05, 4.69) is 20.2 Å². The molecule has 1 aliphatic heterocycles. The molecule has 29 heavy (non-hydrogen) atoms. The zero-order valence-electron chi connectivity index (χ0n) is 15.5. The lowest BCUT2D eigenvalue weighted by Gasteiger charge is -2.34. The van der Waals surface area contributed by atoms with Crippen LogP contribution in [0.4, 0.5) is 4.39 Å². The summed E-state index contributed by atoms with van der Waals surface area (Å²) < 4.78 is 17.6. The Labute approximate surface area is 165 Å². The van der Waals surface area contributed by atoms with E-state index in [1.807, 2.05) is 4.68 Å². The topological polar surface area (TPSA) is 84.1 Å². The third-order valence-electron chi connectivity index (χ3n) is 5.72. The van der Waals surface area contributed by atoms with Crippen molar-refractivity contribution in [1.82, 2.24) is 34.3 Å². The van der Waals surface area contributed by atoms with Crippen LogP contribution in [0.25, 0.3) is 5.52 Å². The van der Waals surface area contributed by atoms with Crippen molar-refractivity contribution in [1.29, 1.82) is 0 Å². The van der Waals surface area contributed by atoms with Gasteiger partial charge in [0.25, 0.3) is 5.91 Å². The second kappa shape index (κ2) is 6.00. The maximum Gasteiger partial charge on any atom is 0.273 e. The van der Waals surface area contributed by atoms with Gasteiger partial charge in [0, 0.05) is 31.1 Å². The molecule has 1 fully saturated rings. The van der Waals surface area contributed by atoms with Crippen molar-refractivity contribution in [2.45, 2.75) is 31.3 Å². The number of pyridine rings is 1. The number of aromatic amines is 1. The number of carbonyl (C=O) groups is 1. The molecule has 0 bridgehead atoms. The Kier molecular flexibility index (Phi) is 3.41. The van der Waals surface area contributed by atoms with Crippen molar-refractivity contribution < 1.29 is 9.18 Å². The fourth-order valence-electron chi connectivity index (χ4n) is 4.17. The molecule has 4 aromatic rings. The molecule has 5 heterocycles. The number of aromatic nitrogens is 6. The Balaban J connectivity index is 1.47. The Morgan fingerprint density at radius 3 is 3.00 bits per heavy atom. The normalized spacial score (nSPS) is 18.9. The quantitative estimate of drug-likeness (QED) is 0.582. The summed E-state index contributed by atoms with van der Waals surface area (Å²) in [5, 5.41) is 8.92. The number of hydrogen-bond acceptors (Lipinski definition) is 4. The average molecular weight is 391 g/mol. The molecular formula is C20H18FN7O. The Morgan fingerprint density at radius 2 is 2.17 bits per heavy atom. The van der Waals surface area contributed by atoms with Gasteiger partial charge in [0.05, 0.1) is 23.8 Å². The predicted molar refractivity (Wildman–Crippen MR) is 101 cm³/mol. The number of fused-ring (bicyclic) bond motifs is 2. The van der Waals surface area contributed by atoms with Crippen LogP contribution in [0.1, 0.15) is 52.5 Å². The number of nitrogens with one attached hydrogen (secondary N) is 1. The number of H-pyrrole nitrogens is 1. The fraction of sp³-hybridized carbons (Fsp3) is 0.300. The molecule has 1 amide bonds. The molecule has 0 unspecified atom stereocenters. The molecule has 0 aromatic carbocycles. The lowest BCUT2D eigenvalue weighted by molar-refractivity contribution is 0.0673. The zero-order chi connectivity index (χ0) is 19.5. The molecular weight excluding hydrogens is 373 g/mol. The van der Waals surface area contributed by atoms with Crippen LogP contribution < -0.4 is 0 Å². The van der Waals surface area contributed by atoms with Gasteiger partial charge in [-0.15, -0.1) is 0 Å². The molecule has 1 aliphatic carbocycles. The molecule has 1 atom stereocenters. The molecule has 0 radical (unpaired) electrons. The maximum absolute atomic E-state index is 14.3. The molecule has 6 rings (SSSR count). The Bertz CT molecular complexity index is 1230. The maximum atomic E-state index is 14.3. The van der Waals surface area contributed by atoms with Crippen LogP contribution in [-0.4, -0.2) is 46.7 Å². The number of imidazole rings is 1. The Hall–Kier alpha value is -3.49. The van der Waals surface area contributed by atoms with Gasteiger partial charge in [-0.3, -0.25) is 9.48 Å². The standard InChI is InChI=1S/C20H18FN7O/c21-13-2-1-8-27-17(13)10-15(25-27)19-18-14(22-11-23-18)6-9-26(19)20(29)16-5-7-24-28(16)12-3-4-12/h1-2,5,7-8,10-12,19H,3-4,6,9H2,(H,22,23)/t19-/m0/s1. The van der Waals surface area contributed by atoms with E-state index >= 15 is 0 Å². The molecule has 0 saturated heterocycles. The zero-order valence-corrected chi connectivity index (χ0v) is 15.5. The summed E-state index contributed by atoms with van der Waals surface area (Å²) in [4.78, 5) is 22.9. The summed E-state index contributed by atoms with van der Waals surface area (Å²) in [7, 11) is 0. The van der Waals surface area contributed by atoms with Crippen molar-refractivity contribution in [2.24, 2.45) is 0 Å². The highest BCUT2D eigenvalue weighted by Crippen LogP contribution is 2.37. The highest BCUT2D eigenvalue weighted by Gasteiger charge is 2.38. The van der Waals surface area contributed by atoms with Gasteiger partial charge in [0.1, 0.15) is 23.1 Å². The molecule has 146 valence electrons. The summed E-state index contributed by atoms with van der Waals surface area (Å²) in [6, 6.07) is 6.29.